The summed E-state index contributed by atoms with van der Waals surface area (Å²) in [7, 11) is 0. The standard InChI is InChI=1S/C15H19NO/c1-2-14(16)15-10-6-5-8-12(15)11-7-3-4-9-13(11)17-15/h2-4,7,9,12,14H,1,5-6,8,10,16H2. The van der Waals surface area contributed by atoms with Gasteiger partial charge < -0.3 is 10.5 Å². The monoisotopic (exact) mass is 229 g/mol. The van der Waals surface area contributed by atoms with Crippen LogP contribution < -0.4 is 10.5 Å². The van der Waals surface area contributed by atoms with Gasteiger partial charge in [-0.2, -0.15) is 0 Å². The molecule has 0 bridgehead atoms. The normalized spacial score (nSPS) is 32.2. The molecule has 3 rings (SSSR count). The van der Waals surface area contributed by atoms with Gasteiger partial charge in [-0.15, -0.1) is 6.58 Å². The van der Waals surface area contributed by atoms with E-state index < -0.39 is 0 Å². The van der Waals surface area contributed by atoms with Crippen LogP contribution in [0.25, 0.3) is 0 Å². The fourth-order valence-electron chi connectivity index (χ4n) is 3.44. The van der Waals surface area contributed by atoms with E-state index in [1.165, 1.54) is 24.8 Å². The Kier molecular flexibility index (Phi) is 2.48. The molecule has 0 amide bonds. The number of nitrogens with two attached hydrogens (primary N) is 1. The van der Waals surface area contributed by atoms with Gasteiger partial charge in [-0.1, -0.05) is 30.7 Å². The molecule has 2 heteroatoms. The second-order valence-electron chi connectivity index (χ2n) is 5.15. The number of para-hydroxylation sites is 1. The summed E-state index contributed by atoms with van der Waals surface area (Å²) >= 11 is 0. The van der Waals surface area contributed by atoms with Crippen LogP contribution in [0.5, 0.6) is 5.75 Å². The zero-order chi connectivity index (χ0) is 11.9. The molecule has 1 aliphatic heterocycles. The van der Waals surface area contributed by atoms with Crippen LogP contribution in [0.3, 0.4) is 0 Å². The predicted molar refractivity (Wildman–Crippen MR) is 69.2 cm³/mol. The molecule has 0 aromatic heterocycles. The molecule has 1 fully saturated rings. The zero-order valence-electron chi connectivity index (χ0n) is 10.1. The fourth-order valence-corrected chi connectivity index (χ4v) is 3.44. The lowest BCUT2D eigenvalue weighted by Crippen LogP contribution is -2.54. The molecule has 90 valence electrons. The first-order valence-electron chi connectivity index (χ1n) is 6.44. The van der Waals surface area contributed by atoms with Gasteiger partial charge in [-0.05, 0) is 25.3 Å². The van der Waals surface area contributed by atoms with E-state index in [0.29, 0.717) is 5.92 Å². The third-order valence-corrected chi connectivity index (χ3v) is 4.31. The summed E-state index contributed by atoms with van der Waals surface area (Å²) in [5.74, 6) is 1.47. The van der Waals surface area contributed by atoms with Crippen LogP contribution in [0, 0.1) is 0 Å². The molecule has 2 N–H and O–H groups in total. The Bertz CT molecular complexity index is 442. The third-order valence-electron chi connectivity index (χ3n) is 4.31. The number of fused-ring (bicyclic) bond motifs is 3. The van der Waals surface area contributed by atoms with Crippen LogP contribution in [-0.4, -0.2) is 11.6 Å². The van der Waals surface area contributed by atoms with Crippen molar-refractivity contribution in [2.24, 2.45) is 5.73 Å². The van der Waals surface area contributed by atoms with Crippen molar-refractivity contribution < 1.29 is 4.74 Å². The Balaban J connectivity index is 2.07. The van der Waals surface area contributed by atoms with Gasteiger partial charge in [-0.3, -0.25) is 0 Å². The first-order chi connectivity index (χ1) is 8.28. The second-order valence-corrected chi connectivity index (χ2v) is 5.15. The Labute approximate surface area is 102 Å². The van der Waals surface area contributed by atoms with Gasteiger partial charge in [0.15, 0.2) is 0 Å². The Morgan fingerprint density at radius 3 is 3.06 bits per heavy atom. The summed E-state index contributed by atoms with van der Waals surface area (Å²) in [4.78, 5) is 0. The lowest BCUT2D eigenvalue weighted by atomic mass is 9.70. The van der Waals surface area contributed by atoms with Crippen molar-refractivity contribution in [2.45, 2.75) is 43.2 Å². The van der Waals surface area contributed by atoms with Crippen LogP contribution in [0.1, 0.15) is 37.2 Å². The number of hydrogen-bond acceptors (Lipinski definition) is 2. The van der Waals surface area contributed by atoms with Crippen LogP contribution in [0.2, 0.25) is 0 Å². The van der Waals surface area contributed by atoms with Crippen molar-refractivity contribution >= 4 is 0 Å². The highest BCUT2D eigenvalue weighted by atomic mass is 16.5. The first kappa shape index (κ1) is 10.8. The average molecular weight is 229 g/mol. The molecular weight excluding hydrogens is 210 g/mol. The molecule has 1 saturated carbocycles. The molecule has 0 saturated heterocycles. The number of hydrogen-bond donors (Lipinski definition) is 1. The Hall–Kier alpha value is -1.28. The zero-order valence-corrected chi connectivity index (χ0v) is 10.1. The summed E-state index contributed by atoms with van der Waals surface area (Å²) in [6, 6.07) is 8.28. The van der Waals surface area contributed by atoms with Gasteiger partial charge in [-0.25, -0.2) is 0 Å². The van der Waals surface area contributed by atoms with E-state index in [-0.39, 0.29) is 11.6 Å². The maximum atomic E-state index is 6.26. The minimum Gasteiger partial charge on any atom is -0.484 e. The van der Waals surface area contributed by atoms with Crippen molar-refractivity contribution in [1.82, 2.24) is 0 Å². The van der Waals surface area contributed by atoms with E-state index in [4.69, 9.17) is 10.5 Å². The quantitative estimate of drug-likeness (QED) is 0.791. The van der Waals surface area contributed by atoms with Crippen LogP contribution >= 0.6 is 0 Å². The van der Waals surface area contributed by atoms with E-state index in [1.54, 1.807) is 0 Å². The minimum atomic E-state index is -0.232. The van der Waals surface area contributed by atoms with Crippen molar-refractivity contribution in [3.8, 4) is 5.75 Å². The summed E-state index contributed by atoms with van der Waals surface area (Å²) in [6.07, 6.45) is 6.53. The maximum absolute atomic E-state index is 6.26. The Morgan fingerprint density at radius 2 is 2.24 bits per heavy atom. The van der Waals surface area contributed by atoms with Crippen molar-refractivity contribution in [3.63, 3.8) is 0 Å². The van der Waals surface area contributed by atoms with E-state index in [1.807, 2.05) is 12.1 Å². The molecule has 3 atom stereocenters. The minimum absolute atomic E-state index is 0.0831. The molecule has 3 unspecified atom stereocenters. The van der Waals surface area contributed by atoms with Gasteiger partial charge in [0.25, 0.3) is 0 Å². The number of ether oxygens (including phenoxy) is 1. The fraction of sp³-hybridized carbons (Fsp3) is 0.467. The highest BCUT2D eigenvalue weighted by molar-refractivity contribution is 5.45. The number of benzene rings is 1. The molecule has 1 aromatic rings. The van der Waals surface area contributed by atoms with Crippen LogP contribution in [0.15, 0.2) is 36.9 Å². The van der Waals surface area contributed by atoms with E-state index in [0.717, 1.165) is 12.2 Å². The van der Waals surface area contributed by atoms with E-state index in [2.05, 4.69) is 24.8 Å². The topological polar surface area (TPSA) is 35.2 Å². The maximum Gasteiger partial charge on any atom is 0.134 e. The van der Waals surface area contributed by atoms with Crippen molar-refractivity contribution in [3.05, 3.63) is 42.5 Å². The molecular formula is C15H19NO. The molecule has 0 radical (unpaired) electrons. The average Bonchev–Trinajstić information content (AvgIpc) is 2.73. The summed E-state index contributed by atoms with van der Waals surface area (Å²) in [6.45, 7) is 3.85. The molecule has 1 aliphatic carbocycles. The predicted octanol–water partition coefficient (Wildman–Crippen LogP) is 2.99. The lowest BCUT2D eigenvalue weighted by molar-refractivity contribution is 0.0240. The second kappa shape index (κ2) is 3.88. The largest absolute Gasteiger partial charge is 0.484 e. The van der Waals surface area contributed by atoms with Crippen molar-refractivity contribution in [1.29, 1.82) is 0 Å². The molecule has 0 spiro atoms. The molecule has 2 aliphatic rings. The summed E-state index contributed by atoms with van der Waals surface area (Å²) in [5, 5.41) is 0. The SMILES string of the molecule is C=CC(N)C12CCCCC1c1ccccc1O2. The summed E-state index contributed by atoms with van der Waals surface area (Å²) < 4.78 is 6.25. The smallest absolute Gasteiger partial charge is 0.134 e. The van der Waals surface area contributed by atoms with Crippen molar-refractivity contribution in [2.75, 3.05) is 0 Å². The van der Waals surface area contributed by atoms with E-state index in [9.17, 15) is 0 Å². The molecule has 1 heterocycles. The highest BCUT2D eigenvalue weighted by Gasteiger charge is 2.52. The molecule has 1 aromatic carbocycles. The van der Waals surface area contributed by atoms with Crippen LogP contribution in [0.4, 0.5) is 0 Å². The first-order valence-corrected chi connectivity index (χ1v) is 6.44. The lowest BCUT2D eigenvalue weighted by Gasteiger charge is -2.41. The van der Waals surface area contributed by atoms with Gasteiger partial charge in [0.1, 0.15) is 11.4 Å². The highest BCUT2D eigenvalue weighted by Crippen LogP contribution is 2.53. The van der Waals surface area contributed by atoms with Gasteiger partial charge >= 0.3 is 0 Å². The van der Waals surface area contributed by atoms with Gasteiger partial charge in [0.05, 0.1) is 6.04 Å². The van der Waals surface area contributed by atoms with E-state index >= 15 is 0 Å². The summed E-state index contributed by atoms with van der Waals surface area (Å²) in [5.41, 5.74) is 7.37. The number of rotatable bonds is 2. The molecule has 2 nitrogen and oxygen atoms in total. The van der Waals surface area contributed by atoms with Gasteiger partial charge in [0, 0.05) is 11.5 Å². The molecule has 17 heavy (non-hydrogen) atoms. The van der Waals surface area contributed by atoms with Crippen LogP contribution in [-0.2, 0) is 0 Å². The van der Waals surface area contributed by atoms with Gasteiger partial charge in [0.2, 0.25) is 0 Å². The Morgan fingerprint density at radius 1 is 1.41 bits per heavy atom. The third kappa shape index (κ3) is 1.44.